The van der Waals surface area contributed by atoms with Gasteiger partial charge in [-0.15, -0.1) is 0 Å². The van der Waals surface area contributed by atoms with Crippen molar-refractivity contribution in [2.75, 3.05) is 20.8 Å². The van der Waals surface area contributed by atoms with Crippen LogP contribution in [0.2, 0.25) is 0 Å². The monoisotopic (exact) mass is 396 g/mol. The first kappa shape index (κ1) is 20.8. The molecule has 0 fully saturated rings. The molecule has 0 N–H and O–H groups in total. The average molecular weight is 396 g/mol. The van der Waals surface area contributed by atoms with Crippen molar-refractivity contribution >= 4 is 11.7 Å². The second-order valence-electron chi connectivity index (χ2n) is 7.60. The van der Waals surface area contributed by atoms with E-state index in [1.165, 1.54) is 5.56 Å². The molecule has 6 heteroatoms. The quantitative estimate of drug-likeness (QED) is 0.665. The summed E-state index contributed by atoms with van der Waals surface area (Å²) < 4.78 is 10.9. The molecule has 0 bridgehead atoms. The first-order valence-electron chi connectivity index (χ1n) is 9.93. The standard InChI is InChI=1S/C23H28N2O4/c1-15(2)23-18-13-21(29-4)20(28-3)12-16(18)9-11-25(23)22(27)8-7-19(26)17-6-5-10-24-14-17/h5-6,10,12-15,23H,7-9,11H2,1-4H3. The molecule has 1 aromatic carbocycles. The van der Waals surface area contributed by atoms with Gasteiger partial charge in [-0.25, -0.2) is 0 Å². The van der Waals surface area contributed by atoms with Crippen molar-refractivity contribution < 1.29 is 19.1 Å². The molecule has 1 aliphatic rings. The molecule has 0 saturated carbocycles. The van der Waals surface area contributed by atoms with Gasteiger partial charge in [0.25, 0.3) is 0 Å². The Bertz CT molecular complexity index is 880. The molecule has 0 radical (unpaired) electrons. The van der Waals surface area contributed by atoms with Crippen LogP contribution < -0.4 is 9.47 Å². The van der Waals surface area contributed by atoms with Crippen molar-refractivity contribution in [1.82, 2.24) is 9.88 Å². The highest BCUT2D eigenvalue weighted by Crippen LogP contribution is 2.41. The van der Waals surface area contributed by atoms with Crippen molar-refractivity contribution in [1.29, 1.82) is 0 Å². The Morgan fingerprint density at radius 1 is 1.17 bits per heavy atom. The fraction of sp³-hybridized carbons (Fsp3) is 0.435. The van der Waals surface area contributed by atoms with E-state index in [0.29, 0.717) is 23.6 Å². The maximum Gasteiger partial charge on any atom is 0.223 e. The van der Waals surface area contributed by atoms with Crippen molar-refractivity contribution in [3.8, 4) is 11.5 Å². The van der Waals surface area contributed by atoms with Gasteiger partial charge in [-0.05, 0) is 47.7 Å². The number of carbonyl (C=O) groups is 2. The van der Waals surface area contributed by atoms with Crippen LogP contribution in [0.1, 0.15) is 54.2 Å². The lowest BCUT2D eigenvalue weighted by atomic mass is 9.85. The summed E-state index contributed by atoms with van der Waals surface area (Å²) in [5.74, 6) is 1.54. The van der Waals surface area contributed by atoms with Gasteiger partial charge in [0.1, 0.15) is 0 Å². The molecular weight excluding hydrogens is 368 g/mol. The predicted molar refractivity (Wildman–Crippen MR) is 110 cm³/mol. The second-order valence-corrected chi connectivity index (χ2v) is 7.60. The molecule has 1 unspecified atom stereocenters. The number of ketones is 1. The Balaban J connectivity index is 1.79. The third-order valence-corrected chi connectivity index (χ3v) is 5.42. The lowest BCUT2D eigenvalue weighted by Crippen LogP contribution is -2.42. The van der Waals surface area contributed by atoms with E-state index in [-0.39, 0.29) is 36.5 Å². The van der Waals surface area contributed by atoms with Crippen LogP contribution in [-0.2, 0) is 11.2 Å². The number of methoxy groups -OCH3 is 2. The molecule has 29 heavy (non-hydrogen) atoms. The van der Waals surface area contributed by atoms with Crippen LogP contribution in [-0.4, -0.2) is 42.3 Å². The first-order chi connectivity index (χ1) is 14.0. The number of pyridine rings is 1. The van der Waals surface area contributed by atoms with Gasteiger partial charge in [0.05, 0.1) is 20.3 Å². The van der Waals surface area contributed by atoms with E-state index in [2.05, 4.69) is 18.8 Å². The molecule has 1 aromatic heterocycles. The average Bonchev–Trinajstić information content (AvgIpc) is 2.75. The number of carbonyl (C=O) groups excluding carboxylic acids is 2. The Kier molecular flexibility index (Phi) is 6.52. The summed E-state index contributed by atoms with van der Waals surface area (Å²) in [5, 5.41) is 0. The van der Waals surface area contributed by atoms with Gasteiger partial charge in [0, 0.05) is 37.3 Å². The largest absolute Gasteiger partial charge is 0.493 e. The number of aromatic nitrogens is 1. The molecule has 1 atom stereocenters. The number of fused-ring (bicyclic) bond motifs is 1. The fourth-order valence-corrected chi connectivity index (χ4v) is 4.01. The van der Waals surface area contributed by atoms with E-state index in [1.54, 1.807) is 38.7 Å². The second kappa shape index (κ2) is 9.07. The van der Waals surface area contributed by atoms with Crippen LogP contribution in [0.15, 0.2) is 36.7 Å². The topological polar surface area (TPSA) is 68.7 Å². The van der Waals surface area contributed by atoms with Crippen LogP contribution in [0.3, 0.4) is 0 Å². The zero-order chi connectivity index (χ0) is 21.0. The first-order valence-corrected chi connectivity index (χ1v) is 9.93. The fourth-order valence-electron chi connectivity index (χ4n) is 4.01. The lowest BCUT2D eigenvalue weighted by Gasteiger charge is -2.40. The number of amides is 1. The van der Waals surface area contributed by atoms with E-state index in [0.717, 1.165) is 12.0 Å². The molecule has 154 valence electrons. The highest BCUT2D eigenvalue weighted by atomic mass is 16.5. The van der Waals surface area contributed by atoms with E-state index in [4.69, 9.17) is 9.47 Å². The Hall–Kier alpha value is -2.89. The summed E-state index contributed by atoms with van der Waals surface area (Å²) in [6, 6.07) is 7.40. The van der Waals surface area contributed by atoms with Crippen molar-refractivity contribution in [3.63, 3.8) is 0 Å². The summed E-state index contributed by atoms with van der Waals surface area (Å²) in [5.41, 5.74) is 2.81. The number of benzene rings is 1. The van der Waals surface area contributed by atoms with Gasteiger partial charge in [0.2, 0.25) is 5.91 Å². The minimum atomic E-state index is -0.0589. The normalized spacial score (nSPS) is 15.8. The molecule has 1 aliphatic heterocycles. The Morgan fingerprint density at radius 2 is 1.90 bits per heavy atom. The van der Waals surface area contributed by atoms with Crippen LogP contribution in [0.5, 0.6) is 11.5 Å². The van der Waals surface area contributed by atoms with Crippen LogP contribution in [0.4, 0.5) is 0 Å². The SMILES string of the molecule is COc1cc2c(cc1OC)C(C(C)C)N(C(=O)CCC(=O)c1cccnc1)CC2. The van der Waals surface area contributed by atoms with E-state index in [1.807, 2.05) is 17.0 Å². The molecule has 0 saturated heterocycles. The van der Waals surface area contributed by atoms with Crippen LogP contribution in [0.25, 0.3) is 0 Å². The molecular formula is C23H28N2O4. The highest BCUT2D eigenvalue weighted by molar-refractivity contribution is 5.97. The van der Waals surface area contributed by atoms with Crippen molar-refractivity contribution in [2.24, 2.45) is 5.92 Å². The summed E-state index contributed by atoms with van der Waals surface area (Å²) >= 11 is 0. The maximum atomic E-state index is 13.0. The van der Waals surface area contributed by atoms with Gasteiger partial charge in [-0.3, -0.25) is 14.6 Å². The number of Topliss-reactive ketones (excluding diaryl/α,β-unsaturated/α-hetero) is 1. The van der Waals surface area contributed by atoms with Gasteiger partial charge in [0.15, 0.2) is 17.3 Å². The highest BCUT2D eigenvalue weighted by Gasteiger charge is 2.34. The lowest BCUT2D eigenvalue weighted by molar-refractivity contribution is -0.135. The minimum absolute atomic E-state index is 0.00127. The van der Waals surface area contributed by atoms with Crippen molar-refractivity contribution in [2.45, 2.75) is 39.2 Å². The smallest absolute Gasteiger partial charge is 0.223 e. The molecule has 0 spiro atoms. The molecule has 2 heterocycles. The number of nitrogens with zero attached hydrogens (tertiary/aromatic N) is 2. The number of rotatable bonds is 7. The zero-order valence-electron chi connectivity index (χ0n) is 17.5. The summed E-state index contributed by atoms with van der Waals surface area (Å²) in [6.07, 6.45) is 4.30. The molecule has 1 amide bonds. The maximum absolute atomic E-state index is 13.0. The van der Waals surface area contributed by atoms with Crippen molar-refractivity contribution in [3.05, 3.63) is 53.3 Å². The molecule has 0 aliphatic carbocycles. The summed E-state index contributed by atoms with van der Waals surface area (Å²) in [6.45, 7) is 4.85. The Labute approximate surface area is 171 Å². The van der Waals surface area contributed by atoms with E-state index >= 15 is 0 Å². The van der Waals surface area contributed by atoms with E-state index in [9.17, 15) is 9.59 Å². The zero-order valence-corrected chi connectivity index (χ0v) is 17.5. The number of ether oxygens (including phenoxy) is 2. The number of hydrogen-bond donors (Lipinski definition) is 0. The molecule has 6 nitrogen and oxygen atoms in total. The van der Waals surface area contributed by atoms with Gasteiger partial charge >= 0.3 is 0 Å². The van der Waals surface area contributed by atoms with Gasteiger partial charge < -0.3 is 14.4 Å². The molecule has 3 rings (SSSR count). The van der Waals surface area contributed by atoms with Gasteiger partial charge in [-0.2, -0.15) is 0 Å². The van der Waals surface area contributed by atoms with Crippen LogP contribution >= 0.6 is 0 Å². The van der Waals surface area contributed by atoms with Gasteiger partial charge in [-0.1, -0.05) is 13.8 Å². The molecule has 2 aromatic rings. The minimum Gasteiger partial charge on any atom is -0.493 e. The predicted octanol–water partition coefficient (Wildman–Crippen LogP) is 3.84. The summed E-state index contributed by atoms with van der Waals surface area (Å²) in [4.78, 5) is 31.3. The van der Waals surface area contributed by atoms with E-state index < -0.39 is 0 Å². The third-order valence-electron chi connectivity index (χ3n) is 5.42. The Morgan fingerprint density at radius 3 is 2.52 bits per heavy atom. The number of hydrogen-bond acceptors (Lipinski definition) is 5. The third kappa shape index (κ3) is 4.42. The summed E-state index contributed by atoms with van der Waals surface area (Å²) in [7, 11) is 3.24. The van der Waals surface area contributed by atoms with Crippen LogP contribution in [0, 0.1) is 5.92 Å².